The average Bonchev–Trinajstić information content (AvgIpc) is 2.90. The van der Waals surface area contributed by atoms with Crippen LogP contribution in [-0.4, -0.2) is 15.9 Å². The van der Waals surface area contributed by atoms with Gasteiger partial charge in [-0.3, -0.25) is 4.79 Å². The first-order valence-corrected chi connectivity index (χ1v) is 7.77. The highest BCUT2D eigenvalue weighted by Crippen LogP contribution is 2.13. The first-order valence-electron chi connectivity index (χ1n) is 6.70. The molecule has 1 heterocycles. The molecule has 21 heavy (non-hydrogen) atoms. The van der Waals surface area contributed by atoms with Crippen molar-refractivity contribution in [2.45, 2.75) is 12.8 Å². The summed E-state index contributed by atoms with van der Waals surface area (Å²) in [5.41, 5.74) is 2.76. The largest absolute Gasteiger partial charge is 0.342 e. The Labute approximate surface area is 136 Å². The number of aromatic nitrogens is 2. The molecule has 1 aromatic heterocycles. The fourth-order valence-corrected chi connectivity index (χ4v) is 2.47. The van der Waals surface area contributed by atoms with Crippen LogP contribution in [0.2, 0.25) is 0 Å². The Morgan fingerprint density at radius 1 is 1.14 bits per heavy atom. The van der Waals surface area contributed by atoms with Crippen molar-refractivity contribution in [3.63, 3.8) is 0 Å². The monoisotopic (exact) mass is 391 g/mol. The van der Waals surface area contributed by atoms with Gasteiger partial charge in [0.25, 0.3) is 0 Å². The lowest BCUT2D eigenvalue weighted by atomic mass is 10.2. The normalized spacial score (nSPS) is 10.7. The summed E-state index contributed by atoms with van der Waals surface area (Å²) < 4.78 is 1.15. The Kier molecular flexibility index (Phi) is 4.19. The third-order valence-electron chi connectivity index (χ3n) is 3.16. The standard InChI is InChI=1S/C16H14IN3O/c17-11-5-7-12(8-6-11)18-16(21)10-9-15-19-13-3-1-2-4-14(13)20-15/h1-8H,9-10H2,(H,18,21)(H,19,20). The number of anilines is 1. The van der Waals surface area contributed by atoms with Gasteiger partial charge in [-0.25, -0.2) is 4.98 Å². The zero-order valence-electron chi connectivity index (χ0n) is 11.3. The summed E-state index contributed by atoms with van der Waals surface area (Å²) in [6, 6.07) is 15.6. The Hall–Kier alpha value is -1.89. The minimum Gasteiger partial charge on any atom is -0.342 e. The van der Waals surface area contributed by atoms with Crippen molar-refractivity contribution in [2.24, 2.45) is 0 Å². The zero-order chi connectivity index (χ0) is 14.7. The molecule has 3 aromatic rings. The number of para-hydroxylation sites is 2. The van der Waals surface area contributed by atoms with Gasteiger partial charge in [-0.05, 0) is 59.0 Å². The van der Waals surface area contributed by atoms with Crippen LogP contribution in [0.1, 0.15) is 12.2 Å². The number of carbonyl (C=O) groups excluding carboxylic acids is 1. The zero-order valence-corrected chi connectivity index (χ0v) is 13.4. The summed E-state index contributed by atoms with van der Waals surface area (Å²) in [6.45, 7) is 0. The van der Waals surface area contributed by atoms with E-state index in [0.717, 1.165) is 26.1 Å². The molecule has 0 aliphatic carbocycles. The van der Waals surface area contributed by atoms with Crippen LogP contribution >= 0.6 is 22.6 Å². The molecule has 106 valence electrons. The van der Waals surface area contributed by atoms with Crippen LogP contribution in [0.3, 0.4) is 0 Å². The summed E-state index contributed by atoms with van der Waals surface area (Å²) in [4.78, 5) is 19.6. The predicted octanol–water partition coefficient (Wildman–Crippen LogP) is 3.74. The number of carbonyl (C=O) groups is 1. The maximum absolute atomic E-state index is 11.9. The second-order valence-electron chi connectivity index (χ2n) is 4.76. The number of aromatic amines is 1. The van der Waals surface area contributed by atoms with Crippen LogP contribution in [0, 0.1) is 3.57 Å². The first kappa shape index (κ1) is 14.1. The number of amides is 1. The van der Waals surface area contributed by atoms with Crippen molar-refractivity contribution in [3.8, 4) is 0 Å². The summed E-state index contributed by atoms with van der Waals surface area (Å²) in [6.07, 6.45) is 1.01. The SMILES string of the molecule is O=C(CCc1nc2ccccc2[nH]1)Nc1ccc(I)cc1. The number of H-pyrrole nitrogens is 1. The van der Waals surface area contributed by atoms with Crippen LogP contribution in [0.4, 0.5) is 5.69 Å². The molecule has 0 radical (unpaired) electrons. The number of halogens is 1. The highest BCUT2D eigenvalue weighted by molar-refractivity contribution is 14.1. The maximum Gasteiger partial charge on any atom is 0.224 e. The van der Waals surface area contributed by atoms with Crippen molar-refractivity contribution >= 4 is 45.2 Å². The van der Waals surface area contributed by atoms with Gasteiger partial charge in [-0.15, -0.1) is 0 Å². The fraction of sp³-hybridized carbons (Fsp3) is 0.125. The average molecular weight is 391 g/mol. The molecular weight excluding hydrogens is 377 g/mol. The van der Waals surface area contributed by atoms with E-state index in [9.17, 15) is 4.79 Å². The van der Waals surface area contributed by atoms with Crippen molar-refractivity contribution in [1.82, 2.24) is 9.97 Å². The molecule has 0 aliphatic rings. The molecule has 0 spiro atoms. The smallest absolute Gasteiger partial charge is 0.224 e. The number of nitrogens with one attached hydrogen (secondary N) is 2. The highest BCUT2D eigenvalue weighted by Gasteiger charge is 2.06. The van der Waals surface area contributed by atoms with Gasteiger partial charge in [-0.1, -0.05) is 12.1 Å². The van der Waals surface area contributed by atoms with Crippen LogP contribution in [0.25, 0.3) is 11.0 Å². The molecule has 0 unspecified atom stereocenters. The summed E-state index contributed by atoms with van der Waals surface area (Å²) in [5, 5.41) is 2.89. The lowest BCUT2D eigenvalue weighted by molar-refractivity contribution is -0.116. The second kappa shape index (κ2) is 6.26. The number of imidazole rings is 1. The van der Waals surface area contributed by atoms with E-state index in [4.69, 9.17) is 0 Å². The first-order chi connectivity index (χ1) is 10.2. The molecule has 0 aliphatic heterocycles. The van der Waals surface area contributed by atoms with Gasteiger partial charge in [0.2, 0.25) is 5.91 Å². The van der Waals surface area contributed by atoms with Crippen LogP contribution in [0.5, 0.6) is 0 Å². The molecule has 3 rings (SSSR count). The van der Waals surface area contributed by atoms with Gasteiger partial charge in [-0.2, -0.15) is 0 Å². The predicted molar refractivity (Wildman–Crippen MR) is 92.2 cm³/mol. The maximum atomic E-state index is 11.9. The molecule has 5 heteroatoms. The summed E-state index contributed by atoms with van der Waals surface area (Å²) in [5.74, 6) is 0.839. The van der Waals surface area contributed by atoms with Crippen molar-refractivity contribution in [3.05, 3.63) is 57.9 Å². The highest BCUT2D eigenvalue weighted by atomic mass is 127. The number of benzene rings is 2. The van der Waals surface area contributed by atoms with Crippen LogP contribution < -0.4 is 5.32 Å². The van der Waals surface area contributed by atoms with Gasteiger partial charge in [0, 0.05) is 22.1 Å². The van der Waals surface area contributed by atoms with E-state index in [-0.39, 0.29) is 5.91 Å². The summed E-state index contributed by atoms with van der Waals surface area (Å²) >= 11 is 2.24. The second-order valence-corrected chi connectivity index (χ2v) is 6.00. The van der Waals surface area contributed by atoms with Gasteiger partial charge < -0.3 is 10.3 Å². The van der Waals surface area contributed by atoms with Gasteiger partial charge in [0.1, 0.15) is 5.82 Å². The number of rotatable bonds is 4. The van der Waals surface area contributed by atoms with Gasteiger partial charge in [0.05, 0.1) is 11.0 Å². The van der Waals surface area contributed by atoms with E-state index < -0.39 is 0 Å². The van der Waals surface area contributed by atoms with E-state index in [1.165, 1.54) is 0 Å². The molecule has 0 bridgehead atoms. The molecule has 0 fully saturated rings. The summed E-state index contributed by atoms with van der Waals surface area (Å²) in [7, 11) is 0. The Bertz CT molecular complexity index is 732. The molecule has 1 amide bonds. The van der Waals surface area contributed by atoms with E-state index in [0.29, 0.717) is 12.8 Å². The van der Waals surface area contributed by atoms with E-state index in [1.54, 1.807) is 0 Å². The molecule has 4 nitrogen and oxygen atoms in total. The molecule has 0 atom stereocenters. The van der Waals surface area contributed by atoms with Gasteiger partial charge in [0.15, 0.2) is 0 Å². The van der Waals surface area contributed by atoms with E-state index >= 15 is 0 Å². The van der Waals surface area contributed by atoms with Crippen LogP contribution in [0.15, 0.2) is 48.5 Å². The number of hydrogen-bond donors (Lipinski definition) is 2. The number of hydrogen-bond acceptors (Lipinski definition) is 2. The lowest BCUT2D eigenvalue weighted by Gasteiger charge is -2.04. The minimum atomic E-state index is -0.00309. The molecule has 2 aromatic carbocycles. The minimum absolute atomic E-state index is 0.00309. The third kappa shape index (κ3) is 3.60. The molecule has 0 saturated carbocycles. The lowest BCUT2D eigenvalue weighted by Crippen LogP contribution is -2.12. The van der Waals surface area contributed by atoms with Crippen molar-refractivity contribution in [2.75, 3.05) is 5.32 Å². The number of nitrogens with zero attached hydrogens (tertiary/aromatic N) is 1. The van der Waals surface area contributed by atoms with E-state index in [1.807, 2.05) is 48.5 Å². The topological polar surface area (TPSA) is 57.8 Å². The Morgan fingerprint density at radius 3 is 2.67 bits per heavy atom. The van der Waals surface area contributed by atoms with E-state index in [2.05, 4.69) is 37.9 Å². The van der Waals surface area contributed by atoms with Gasteiger partial charge >= 0.3 is 0 Å². The quantitative estimate of drug-likeness (QED) is 0.666. The number of fused-ring (bicyclic) bond motifs is 1. The number of aryl methyl sites for hydroxylation is 1. The van der Waals surface area contributed by atoms with Crippen molar-refractivity contribution in [1.29, 1.82) is 0 Å². The molecule has 0 saturated heterocycles. The fourth-order valence-electron chi connectivity index (χ4n) is 2.11. The molecule has 2 N–H and O–H groups in total. The Balaban J connectivity index is 1.59. The van der Waals surface area contributed by atoms with Crippen LogP contribution in [-0.2, 0) is 11.2 Å². The molecular formula is C16H14IN3O. The van der Waals surface area contributed by atoms with Crippen molar-refractivity contribution < 1.29 is 4.79 Å². The third-order valence-corrected chi connectivity index (χ3v) is 3.87. The Morgan fingerprint density at radius 2 is 1.90 bits per heavy atom.